The smallest absolute Gasteiger partial charge is 0.00683 e. The lowest BCUT2D eigenvalue weighted by Crippen LogP contribution is -2.40. The summed E-state index contributed by atoms with van der Waals surface area (Å²) in [6.07, 6.45) is 6.87. The van der Waals surface area contributed by atoms with Gasteiger partial charge in [0.2, 0.25) is 0 Å². The van der Waals surface area contributed by atoms with Crippen molar-refractivity contribution >= 4 is 11.3 Å². The SMILES string of the molecule is c1cc(CCN2CCCC(CNC3CC3)C2)cs1. The molecule has 0 spiro atoms. The molecular formula is C15H24N2S. The molecule has 2 fully saturated rings. The standard InChI is InChI=1S/C15H24N2S/c1-2-14(10-16-15-3-4-15)11-17(7-1)8-5-13-6-9-18-12-13/h6,9,12,14-16H,1-5,7-8,10-11H2. The Balaban J connectivity index is 1.38. The molecule has 3 heteroatoms. The summed E-state index contributed by atoms with van der Waals surface area (Å²) in [5.74, 6) is 0.891. The molecule has 3 rings (SSSR count). The monoisotopic (exact) mass is 264 g/mol. The maximum Gasteiger partial charge on any atom is 0.00683 e. The minimum Gasteiger partial charge on any atom is -0.314 e. The van der Waals surface area contributed by atoms with Gasteiger partial charge in [-0.15, -0.1) is 0 Å². The number of rotatable bonds is 6. The summed E-state index contributed by atoms with van der Waals surface area (Å²) in [4.78, 5) is 2.67. The van der Waals surface area contributed by atoms with E-state index in [-0.39, 0.29) is 0 Å². The topological polar surface area (TPSA) is 15.3 Å². The van der Waals surface area contributed by atoms with Gasteiger partial charge >= 0.3 is 0 Å². The Kier molecular flexibility index (Phi) is 4.34. The highest BCUT2D eigenvalue weighted by Crippen LogP contribution is 2.21. The van der Waals surface area contributed by atoms with Gasteiger partial charge in [0.15, 0.2) is 0 Å². The molecule has 1 N–H and O–H groups in total. The van der Waals surface area contributed by atoms with E-state index in [1.165, 1.54) is 63.8 Å². The first-order chi connectivity index (χ1) is 8.90. The van der Waals surface area contributed by atoms with Crippen molar-refractivity contribution in [2.75, 3.05) is 26.2 Å². The van der Waals surface area contributed by atoms with Crippen LogP contribution in [0.15, 0.2) is 16.8 Å². The zero-order valence-electron chi connectivity index (χ0n) is 11.1. The maximum atomic E-state index is 3.69. The Morgan fingerprint density at radius 2 is 2.28 bits per heavy atom. The molecule has 1 aliphatic heterocycles. The van der Waals surface area contributed by atoms with Crippen LogP contribution in [0.1, 0.15) is 31.2 Å². The van der Waals surface area contributed by atoms with Gasteiger partial charge in [-0.3, -0.25) is 0 Å². The molecule has 1 aromatic heterocycles. The van der Waals surface area contributed by atoms with E-state index in [0.717, 1.165) is 12.0 Å². The van der Waals surface area contributed by atoms with E-state index in [4.69, 9.17) is 0 Å². The van der Waals surface area contributed by atoms with Crippen LogP contribution >= 0.6 is 11.3 Å². The van der Waals surface area contributed by atoms with Crippen LogP contribution < -0.4 is 5.32 Å². The molecule has 1 saturated carbocycles. The van der Waals surface area contributed by atoms with Gasteiger partial charge in [0.1, 0.15) is 0 Å². The third-order valence-corrected chi connectivity index (χ3v) is 4.90. The Bertz CT molecular complexity index is 345. The predicted octanol–water partition coefficient (Wildman–Crippen LogP) is 2.75. The Labute approximate surface area is 114 Å². The molecule has 2 heterocycles. The molecule has 1 aromatic rings. The molecule has 0 bridgehead atoms. The molecule has 0 amide bonds. The Morgan fingerprint density at radius 3 is 3.06 bits per heavy atom. The van der Waals surface area contributed by atoms with E-state index in [0.29, 0.717) is 0 Å². The summed E-state index contributed by atoms with van der Waals surface area (Å²) in [5, 5.41) is 8.17. The summed E-state index contributed by atoms with van der Waals surface area (Å²) in [6.45, 7) is 5.12. The van der Waals surface area contributed by atoms with Crippen molar-refractivity contribution in [3.05, 3.63) is 22.4 Å². The molecular weight excluding hydrogens is 240 g/mol. The molecule has 1 unspecified atom stereocenters. The fraction of sp³-hybridized carbons (Fsp3) is 0.733. The summed E-state index contributed by atoms with van der Waals surface area (Å²) in [5.41, 5.74) is 1.51. The normalized spacial score (nSPS) is 25.4. The van der Waals surface area contributed by atoms with Crippen molar-refractivity contribution in [1.29, 1.82) is 0 Å². The first-order valence-electron chi connectivity index (χ1n) is 7.37. The lowest BCUT2D eigenvalue weighted by atomic mass is 9.97. The lowest BCUT2D eigenvalue weighted by molar-refractivity contribution is 0.174. The highest BCUT2D eigenvalue weighted by Gasteiger charge is 2.24. The van der Waals surface area contributed by atoms with E-state index >= 15 is 0 Å². The van der Waals surface area contributed by atoms with E-state index in [1.807, 2.05) is 11.3 Å². The van der Waals surface area contributed by atoms with E-state index in [9.17, 15) is 0 Å². The van der Waals surface area contributed by atoms with Crippen LogP contribution in [0.2, 0.25) is 0 Å². The van der Waals surface area contributed by atoms with Crippen LogP contribution in [0.25, 0.3) is 0 Å². The number of nitrogens with one attached hydrogen (secondary N) is 1. The summed E-state index contributed by atoms with van der Waals surface area (Å²) < 4.78 is 0. The van der Waals surface area contributed by atoms with Gasteiger partial charge in [0.05, 0.1) is 0 Å². The van der Waals surface area contributed by atoms with Crippen LogP contribution in [0.3, 0.4) is 0 Å². The van der Waals surface area contributed by atoms with Crippen LogP contribution in [-0.4, -0.2) is 37.1 Å². The van der Waals surface area contributed by atoms with Crippen LogP contribution in [0, 0.1) is 5.92 Å². The molecule has 0 radical (unpaired) electrons. The van der Waals surface area contributed by atoms with Crippen molar-refractivity contribution in [2.45, 2.75) is 38.1 Å². The number of hydrogen-bond acceptors (Lipinski definition) is 3. The highest BCUT2D eigenvalue weighted by atomic mass is 32.1. The molecule has 1 atom stereocenters. The largest absolute Gasteiger partial charge is 0.314 e. The molecule has 2 aliphatic rings. The second-order valence-corrected chi connectivity index (χ2v) is 6.65. The summed E-state index contributed by atoms with van der Waals surface area (Å²) >= 11 is 1.82. The minimum atomic E-state index is 0.867. The number of likely N-dealkylation sites (tertiary alicyclic amines) is 1. The van der Waals surface area contributed by atoms with Crippen molar-refractivity contribution < 1.29 is 0 Å². The zero-order valence-corrected chi connectivity index (χ0v) is 11.9. The van der Waals surface area contributed by atoms with Gasteiger partial charge in [-0.1, -0.05) is 0 Å². The first-order valence-corrected chi connectivity index (χ1v) is 8.31. The Hall–Kier alpha value is -0.380. The summed E-state index contributed by atoms with van der Waals surface area (Å²) in [6, 6.07) is 3.13. The van der Waals surface area contributed by atoms with E-state index < -0.39 is 0 Å². The maximum absolute atomic E-state index is 3.69. The third kappa shape index (κ3) is 3.81. The average molecular weight is 264 g/mol. The van der Waals surface area contributed by atoms with Gasteiger partial charge in [0.25, 0.3) is 0 Å². The quantitative estimate of drug-likeness (QED) is 0.850. The fourth-order valence-electron chi connectivity index (χ4n) is 2.86. The molecule has 0 aromatic carbocycles. The predicted molar refractivity (Wildman–Crippen MR) is 78.2 cm³/mol. The second-order valence-electron chi connectivity index (χ2n) is 5.87. The van der Waals surface area contributed by atoms with Gasteiger partial charge in [-0.2, -0.15) is 11.3 Å². The Morgan fingerprint density at radius 1 is 1.33 bits per heavy atom. The number of hydrogen-bond donors (Lipinski definition) is 1. The van der Waals surface area contributed by atoms with Crippen molar-refractivity contribution in [3.8, 4) is 0 Å². The number of nitrogens with zero attached hydrogens (tertiary/aromatic N) is 1. The van der Waals surface area contributed by atoms with E-state index in [2.05, 4.69) is 27.0 Å². The van der Waals surface area contributed by atoms with Crippen LogP contribution in [0.4, 0.5) is 0 Å². The molecule has 1 aliphatic carbocycles. The molecule has 2 nitrogen and oxygen atoms in total. The highest BCUT2D eigenvalue weighted by molar-refractivity contribution is 7.07. The number of thiophene rings is 1. The first kappa shape index (κ1) is 12.6. The minimum absolute atomic E-state index is 0.867. The zero-order chi connectivity index (χ0) is 12.2. The average Bonchev–Trinajstić information content (AvgIpc) is 3.09. The molecule has 18 heavy (non-hydrogen) atoms. The van der Waals surface area contributed by atoms with Crippen LogP contribution in [0.5, 0.6) is 0 Å². The van der Waals surface area contributed by atoms with E-state index in [1.54, 1.807) is 0 Å². The van der Waals surface area contributed by atoms with Crippen molar-refractivity contribution in [3.63, 3.8) is 0 Å². The van der Waals surface area contributed by atoms with Gasteiger partial charge < -0.3 is 10.2 Å². The fourth-order valence-corrected chi connectivity index (χ4v) is 3.57. The van der Waals surface area contributed by atoms with Gasteiger partial charge in [0, 0.05) is 19.1 Å². The van der Waals surface area contributed by atoms with Crippen LogP contribution in [-0.2, 0) is 6.42 Å². The molecule has 1 saturated heterocycles. The summed E-state index contributed by atoms with van der Waals surface area (Å²) in [7, 11) is 0. The van der Waals surface area contributed by atoms with Gasteiger partial charge in [-0.05, 0) is 73.5 Å². The lowest BCUT2D eigenvalue weighted by Gasteiger charge is -2.32. The third-order valence-electron chi connectivity index (χ3n) is 4.17. The molecule has 100 valence electrons. The van der Waals surface area contributed by atoms with Crippen molar-refractivity contribution in [2.24, 2.45) is 5.92 Å². The number of piperidine rings is 1. The second kappa shape index (κ2) is 6.18. The van der Waals surface area contributed by atoms with Gasteiger partial charge in [-0.25, -0.2) is 0 Å². The van der Waals surface area contributed by atoms with Crippen molar-refractivity contribution in [1.82, 2.24) is 10.2 Å².